The summed E-state index contributed by atoms with van der Waals surface area (Å²) >= 11 is 0. The zero-order chi connectivity index (χ0) is 35.3. The molecule has 2 amide bonds. The van der Waals surface area contributed by atoms with E-state index in [1.54, 1.807) is 43.3 Å². The van der Waals surface area contributed by atoms with Crippen LogP contribution >= 0.6 is 0 Å². The predicted octanol–water partition coefficient (Wildman–Crippen LogP) is -1.55. The molecule has 258 valence electrons. The molecule has 0 aliphatic heterocycles. The van der Waals surface area contributed by atoms with Gasteiger partial charge in [0.15, 0.2) is 5.78 Å². The van der Waals surface area contributed by atoms with Gasteiger partial charge < -0.3 is 52.4 Å². The Morgan fingerprint density at radius 2 is 1.47 bits per heavy atom. The van der Waals surface area contributed by atoms with Gasteiger partial charge in [-0.2, -0.15) is 0 Å². The van der Waals surface area contributed by atoms with E-state index < -0.39 is 84.0 Å². The molecule has 15 nitrogen and oxygen atoms in total. The maximum Gasteiger partial charge on any atom is 0.342 e. The molecule has 0 aliphatic rings. The largest absolute Gasteiger partial charge is 0.480 e. The number of nitrogens with one attached hydrogen (secondary N) is 2. The number of carboxylic acids is 1. The van der Waals surface area contributed by atoms with Crippen molar-refractivity contribution < 1.29 is 54.2 Å². The lowest BCUT2D eigenvalue weighted by molar-refractivity contribution is -0.161. The quantitative estimate of drug-likeness (QED) is 0.0610. The molecule has 0 bridgehead atoms. The zero-order valence-electron chi connectivity index (χ0n) is 26.2. The van der Waals surface area contributed by atoms with Gasteiger partial charge in [0.1, 0.15) is 30.9 Å². The fourth-order valence-corrected chi connectivity index (χ4v) is 4.89. The number of carboxylic acid groups (broad SMARTS) is 1. The van der Waals surface area contributed by atoms with Gasteiger partial charge >= 0.3 is 11.9 Å². The molecule has 2 aromatic carbocycles. The van der Waals surface area contributed by atoms with Gasteiger partial charge in [-0.25, -0.2) is 4.79 Å². The van der Waals surface area contributed by atoms with Gasteiger partial charge in [0, 0.05) is 5.92 Å². The van der Waals surface area contributed by atoms with Crippen LogP contribution in [0.25, 0.3) is 0 Å². The van der Waals surface area contributed by atoms with Gasteiger partial charge in [-0.05, 0) is 24.0 Å². The first-order valence-electron chi connectivity index (χ1n) is 15.1. The van der Waals surface area contributed by atoms with Crippen molar-refractivity contribution in [2.75, 3.05) is 6.61 Å². The minimum absolute atomic E-state index is 0.180. The van der Waals surface area contributed by atoms with Gasteiger partial charge in [0.05, 0.1) is 18.8 Å². The Balaban J connectivity index is 2.36. The number of carbonyl (C=O) groups is 5. The SMILES string of the molecule is CCC[C@H](N)C(=O)N[C@@](CC)(C(=O)N[C@@H](CO)C(=O)[C@@H](O)[C@H](O)C(O)C(c1ccccc1)[C@H](N)C(=O)O)C(=O)OCc1ccccc1. The van der Waals surface area contributed by atoms with Gasteiger partial charge in [-0.1, -0.05) is 80.9 Å². The number of amides is 2. The summed E-state index contributed by atoms with van der Waals surface area (Å²) in [6, 6.07) is 11.1. The van der Waals surface area contributed by atoms with Crippen molar-refractivity contribution in [2.24, 2.45) is 11.5 Å². The number of benzene rings is 2. The molecule has 0 spiro atoms. The van der Waals surface area contributed by atoms with Crippen LogP contribution in [0, 0.1) is 0 Å². The van der Waals surface area contributed by atoms with E-state index in [1.807, 2.05) is 0 Å². The Morgan fingerprint density at radius 1 is 0.894 bits per heavy atom. The summed E-state index contributed by atoms with van der Waals surface area (Å²) in [6.07, 6.45) is -6.61. The molecule has 0 saturated heterocycles. The monoisotopic (exact) mass is 660 g/mol. The third-order valence-electron chi connectivity index (χ3n) is 7.77. The molecule has 0 aromatic heterocycles. The minimum Gasteiger partial charge on any atom is -0.480 e. The average molecular weight is 661 g/mol. The average Bonchev–Trinajstić information content (AvgIpc) is 3.08. The highest BCUT2D eigenvalue weighted by atomic mass is 16.5. The summed E-state index contributed by atoms with van der Waals surface area (Å²) in [5.41, 5.74) is 9.99. The van der Waals surface area contributed by atoms with Crippen molar-refractivity contribution >= 4 is 29.5 Å². The Bertz CT molecular complexity index is 1350. The van der Waals surface area contributed by atoms with Crippen molar-refractivity contribution in [3.05, 3.63) is 71.8 Å². The van der Waals surface area contributed by atoms with E-state index in [0.717, 1.165) is 0 Å². The number of ketones is 1. The van der Waals surface area contributed by atoms with Crippen molar-refractivity contribution in [3.8, 4) is 0 Å². The number of aliphatic carboxylic acids is 1. The molecule has 0 fully saturated rings. The van der Waals surface area contributed by atoms with Crippen LogP contribution < -0.4 is 22.1 Å². The van der Waals surface area contributed by atoms with Crippen molar-refractivity contribution in [2.45, 2.75) is 87.6 Å². The molecular weight excluding hydrogens is 616 g/mol. The van der Waals surface area contributed by atoms with Crippen LogP contribution in [0.2, 0.25) is 0 Å². The number of carbonyl (C=O) groups excluding carboxylic acids is 4. The van der Waals surface area contributed by atoms with Gasteiger partial charge in [0.2, 0.25) is 11.4 Å². The van der Waals surface area contributed by atoms with E-state index in [4.69, 9.17) is 16.2 Å². The zero-order valence-corrected chi connectivity index (χ0v) is 26.2. The number of esters is 1. The maximum absolute atomic E-state index is 13.7. The second-order valence-electron chi connectivity index (χ2n) is 11.0. The van der Waals surface area contributed by atoms with E-state index in [9.17, 15) is 49.5 Å². The van der Waals surface area contributed by atoms with Gasteiger partial charge in [0.25, 0.3) is 5.91 Å². The molecule has 0 saturated carbocycles. The first kappa shape index (κ1) is 38.9. The minimum atomic E-state index is -2.48. The number of Topliss-reactive ketones (excluding diaryl/α,β-unsaturated/α-hetero) is 1. The van der Waals surface area contributed by atoms with Crippen molar-refractivity contribution in [1.29, 1.82) is 0 Å². The molecule has 0 aliphatic carbocycles. The predicted molar refractivity (Wildman–Crippen MR) is 167 cm³/mol. The standard InChI is InChI=1S/C32H44N4O11/c1-3-11-20(33)28(42)36-32(4-2,31(46)47-17-18-12-7-5-8-13-18)30(45)35-21(16-37)24(38)26(40)27(41)25(39)22(23(34)29(43)44)19-14-9-6-10-15-19/h5-10,12-15,20-23,25-27,37,39-41H,3-4,11,16-17,33-34H2,1-2H3,(H,35,45)(H,36,42)(H,43,44)/t20-,21-,22?,23-,25?,26+,27+,32-/m0/s1. The van der Waals surface area contributed by atoms with Crippen molar-refractivity contribution in [1.82, 2.24) is 10.6 Å². The van der Waals surface area contributed by atoms with Crippen LogP contribution in [0.15, 0.2) is 60.7 Å². The smallest absolute Gasteiger partial charge is 0.342 e. The Labute approximate surface area is 271 Å². The molecule has 2 aromatic rings. The fourth-order valence-electron chi connectivity index (χ4n) is 4.89. The Morgan fingerprint density at radius 3 is 1.98 bits per heavy atom. The van der Waals surface area contributed by atoms with E-state index in [-0.39, 0.29) is 25.0 Å². The molecule has 2 unspecified atom stereocenters. The molecule has 11 N–H and O–H groups in total. The highest BCUT2D eigenvalue weighted by Gasteiger charge is 2.50. The number of aliphatic hydroxyl groups excluding tert-OH is 4. The van der Waals surface area contributed by atoms with Gasteiger partial charge in [-0.15, -0.1) is 0 Å². The highest BCUT2D eigenvalue weighted by molar-refractivity contribution is 6.11. The number of aliphatic hydroxyl groups is 4. The van der Waals surface area contributed by atoms with E-state index in [0.29, 0.717) is 12.0 Å². The summed E-state index contributed by atoms with van der Waals surface area (Å²) in [4.78, 5) is 65.1. The number of hydrogen-bond acceptors (Lipinski definition) is 12. The third-order valence-corrected chi connectivity index (χ3v) is 7.77. The van der Waals surface area contributed by atoms with Crippen LogP contribution in [0.1, 0.15) is 50.2 Å². The lowest BCUT2D eigenvalue weighted by atomic mass is 9.82. The first-order valence-corrected chi connectivity index (χ1v) is 15.1. The number of ether oxygens (including phenoxy) is 1. The van der Waals surface area contributed by atoms with Crippen LogP contribution in [0.5, 0.6) is 0 Å². The number of nitrogens with two attached hydrogens (primary N) is 2. The van der Waals surface area contributed by atoms with Gasteiger partial charge in [-0.3, -0.25) is 19.2 Å². The topological polar surface area (TPSA) is 272 Å². The molecule has 15 heteroatoms. The lowest BCUT2D eigenvalue weighted by Gasteiger charge is -2.34. The molecule has 0 heterocycles. The Hall–Kier alpha value is -4.25. The van der Waals surface area contributed by atoms with E-state index >= 15 is 0 Å². The van der Waals surface area contributed by atoms with Crippen LogP contribution in [-0.2, 0) is 35.3 Å². The van der Waals surface area contributed by atoms with Crippen molar-refractivity contribution in [3.63, 3.8) is 0 Å². The normalized spacial score (nSPS) is 17.0. The second-order valence-corrected chi connectivity index (χ2v) is 11.0. The van der Waals surface area contributed by atoms with E-state index in [1.165, 1.54) is 31.2 Å². The summed E-state index contributed by atoms with van der Waals surface area (Å²) in [5, 5.41) is 56.4. The van der Waals surface area contributed by atoms with Crippen LogP contribution in [0.3, 0.4) is 0 Å². The third kappa shape index (κ3) is 9.87. The molecule has 47 heavy (non-hydrogen) atoms. The van der Waals surface area contributed by atoms with Crippen LogP contribution in [-0.4, -0.2) is 104 Å². The molecule has 2 rings (SSSR count). The summed E-state index contributed by atoms with van der Waals surface area (Å²) in [7, 11) is 0. The number of rotatable bonds is 19. The maximum atomic E-state index is 13.7. The Kier molecular flexibility index (Phi) is 15.1. The van der Waals surface area contributed by atoms with Crippen LogP contribution in [0.4, 0.5) is 0 Å². The molecule has 8 atom stereocenters. The van der Waals surface area contributed by atoms with E-state index in [2.05, 4.69) is 10.6 Å². The summed E-state index contributed by atoms with van der Waals surface area (Å²) in [5.74, 6) is -7.80. The number of hydrogen-bond donors (Lipinski definition) is 9. The first-order chi connectivity index (χ1) is 22.2. The highest BCUT2D eigenvalue weighted by Crippen LogP contribution is 2.27. The summed E-state index contributed by atoms with van der Waals surface area (Å²) in [6.45, 7) is 1.73. The molecule has 0 radical (unpaired) electrons. The fraction of sp³-hybridized carbons (Fsp3) is 0.469. The lowest BCUT2D eigenvalue weighted by Crippen LogP contribution is -2.68. The molecular formula is C32H44N4O11. The summed E-state index contributed by atoms with van der Waals surface area (Å²) < 4.78 is 5.36. The second kappa shape index (κ2) is 18.2.